The van der Waals surface area contributed by atoms with Crippen molar-refractivity contribution in [3.05, 3.63) is 232 Å². The van der Waals surface area contributed by atoms with Crippen LogP contribution < -0.4 is 29.8 Å². The number of amides is 3. The van der Waals surface area contributed by atoms with Gasteiger partial charge in [0.05, 0.1) is 36.9 Å². The molecule has 3 aliphatic carbocycles. The molecule has 37 heteroatoms. The number of phenols is 1. The van der Waals surface area contributed by atoms with Crippen molar-refractivity contribution in [1.29, 1.82) is 0 Å². The van der Waals surface area contributed by atoms with Crippen molar-refractivity contribution in [2.45, 2.75) is 70.0 Å². The number of β-amino-alcohol motifs (C(OH)–C–C–N with tert-alkyl or cyclic N) is 2. The fraction of sp³-hybridized carbons (Fsp3) is 0.330. The Balaban J connectivity index is 0.000000175. The number of oxime groups is 1. The molecule has 5 heterocycles. The van der Waals surface area contributed by atoms with Gasteiger partial charge in [0.1, 0.15) is 47.4 Å². The molecular formula is C88H99ClN10O25S. The molecule has 0 saturated carbocycles. The molecule has 6 unspecified atom stereocenters. The number of nitrogens with two attached hydrogens (primary N) is 2. The van der Waals surface area contributed by atoms with E-state index in [9.17, 15) is 39.0 Å². The number of methoxy groups -OCH3 is 5. The number of carbonyl (C=O) groups excluding carboxylic acids is 5. The van der Waals surface area contributed by atoms with Crippen LogP contribution in [0.4, 0.5) is 0 Å². The van der Waals surface area contributed by atoms with Crippen LogP contribution in [-0.4, -0.2) is 217 Å². The van der Waals surface area contributed by atoms with E-state index in [4.69, 9.17) is 87.9 Å². The van der Waals surface area contributed by atoms with Gasteiger partial charge in [0.25, 0.3) is 11.8 Å². The lowest BCUT2D eigenvalue weighted by Gasteiger charge is -2.24. The third kappa shape index (κ3) is 26.2. The van der Waals surface area contributed by atoms with E-state index in [1.165, 1.54) is 36.9 Å². The monoisotopic (exact) mass is 1760 g/mol. The summed E-state index contributed by atoms with van der Waals surface area (Å²) in [5, 5.41) is 60.4. The van der Waals surface area contributed by atoms with Crippen molar-refractivity contribution >= 4 is 64.0 Å². The molecule has 8 aromatic carbocycles. The van der Waals surface area contributed by atoms with Crippen molar-refractivity contribution in [2.24, 2.45) is 33.8 Å². The van der Waals surface area contributed by atoms with Crippen LogP contribution in [0.15, 0.2) is 190 Å². The van der Waals surface area contributed by atoms with Gasteiger partial charge in [0.15, 0.2) is 33.0 Å². The number of hydrogen-bond donors (Lipinski definition) is 8. The number of carboxylic acids is 1. The highest BCUT2D eigenvalue weighted by atomic mass is 35.5. The second-order valence-electron chi connectivity index (χ2n) is 28.4. The number of aromatic nitrogens is 4. The second kappa shape index (κ2) is 47.9. The molecule has 3 saturated heterocycles. The van der Waals surface area contributed by atoms with Crippen molar-refractivity contribution in [3.63, 3.8) is 0 Å². The van der Waals surface area contributed by atoms with Crippen molar-refractivity contribution in [2.75, 3.05) is 102 Å². The van der Waals surface area contributed by atoms with Gasteiger partial charge in [-0.3, -0.25) is 28.5 Å². The van der Waals surface area contributed by atoms with Crippen LogP contribution >= 0.6 is 11.6 Å². The normalized spacial score (nSPS) is 16.9. The van der Waals surface area contributed by atoms with E-state index in [1.54, 1.807) is 86.8 Å². The Bertz CT molecular complexity index is 5140. The third-order valence-electron chi connectivity index (χ3n) is 20.3. The van der Waals surface area contributed by atoms with Gasteiger partial charge in [0, 0.05) is 113 Å². The summed E-state index contributed by atoms with van der Waals surface area (Å²) in [6, 6.07) is 52.2. The first-order valence-electron chi connectivity index (χ1n) is 39.1. The van der Waals surface area contributed by atoms with E-state index in [0.717, 1.165) is 100 Å². The first-order chi connectivity index (χ1) is 60.4. The van der Waals surface area contributed by atoms with E-state index < -0.39 is 16.3 Å². The number of aliphatic hydroxyl groups is 2. The van der Waals surface area contributed by atoms with E-state index in [-0.39, 0.29) is 105 Å². The van der Waals surface area contributed by atoms with E-state index in [0.29, 0.717) is 102 Å². The minimum Gasteiger partial charge on any atom is -0.508 e. The quantitative estimate of drug-likeness (QED) is 0.00346. The minimum absolute atomic E-state index is 0.0145. The number of hydrogen-bond acceptors (Lipinski definition) is 28. The Hall–Kier alpha value is -12.6. The van der Waals surface area contributed by atoms with Crippen molar-refractivity contribution < 1.29 is 119 Å². The minimum atomic E-state index is -4.17. The molecule has 35 nitrogen and oxygen atoms in total. The number of carboxylic acid groups (broad SMARTS) is 1. The van der Waals surface area contributed by atoms with E-state index in [1.807, 2.05) is 89.8 Å². The lowest BCUT2D eigenvalue weighted by Crippen LogP contribution is -2.30. The number of aromatic carboxylic acids is 1. The van der Waals surface area contributed by atoms with Gasteiger partial charge in [-0.2, -0.15) is 18.4 Å². The highest BCUT2D eigenvalue weighted by molar-refractivity contribution is 7.83. The van der Waals surface area contributed by atoms with Gasteiger partial charge in [-0.15, -0.1) is 0 Å². The zero-order valence-electron chi connectivity index (χ0n) is 69.3. The molecule has 10 aromatic rings. The number of phenolic OH excluding ortho intramolecular Hbond substituents is 1. The number of carbonyl (C=O) groups is 6. The summed E-state index contributed by atoms with van der Waals surface area (Å²) < 4.78 is 80.8. The predicted octanol–water partition coefficient (Wildman–Crippen LogP) is 10.9. The lowest BCUT2D eigenvalue weighted by molar-refractivity contribution is -0.130. The van der Waals surface area contributed by atoms with Crippen molar-refractivity contribution in [1.82, 2.24) is 35.0 Å². The zero-order valence-corrected chi connectivity index (χ0v) is 70.9. The fourth-order valence-corrected chi connectivity index (χ4v) is 15.2. The Morgan fingerprint density at radius 2 is 0.856 bits per heavy atom. The van der Waals surface area contributed by atoms with Gasteiger partial charge in [-0.25, -0.2) is 9.93 Å². The Morgan fingerprint density at radius 3 is 1.19 bits per heavy atom. The van der Waals surface area contributed by atoms with Crippen LogP contribution in [0.25, 0.3) is 45.7 Å². The SMILES string of the molecule is CCCN1C(=O)CC2Cc3c(/C(N)=N/O)cccc3C21.COCCl.COCOc1ccc(-c2nc(-c3cccc4c3CC3CC(=O)N(CCO)C43)no2)cc1.COCOc1ccc(-c2nc(-c3cccc4c3CC3CC(=O)N(CCO)C43)no2)cc1.COCOc1ccc(C(=O)O)cc1.COCOc1ccc(C=O)cc1.NS(=O)(=O)O.O=Cc1ccc(O)cc1. The maximum absolute atomic E-state index is 12.3. The van der Waals surface area contributed by atoms with Crippen molar-refractivity contribution in [3.8, 4) is 74.4 Å². The maximum atomic E-state index is 12.3. The predicted molar refractivity (Wildman–Crippen MR) is 455 cm³/mol. The number of fused-ring (bicyclic) bond motifs is 9. The lowest BCUT2D eigenvalue weighted by atomic mass is 10.0. The van der Waals surface area contributed by atoms with Gasteiger partial charge >= 0.3 is 16.3 Å². The highest BCUT2D eigenvalue weighted by Gasteiger charge is 2.49. The summed E-state index contributed by atoms with van der Waals surface area (Å²) in [5.41, 5.74) is 18.3. The summed E-state index contributed by atoms with van der Waals surface area (Å²) >= 11 is 4.96. The van der Waals surface area contributed by atoms with Crippen LogP contribution in [0.3, 0.4) is 0 Å². The number of aromatic hydroxyl groups is 1. The van der Waals surface area contributed by atoms with Crippen LogP contribution in [0.5, 0.6) is 28.7 Å². The van der Waals surface area contributed by atoms with E-state index in [2.05, 4.69) is 65.2 Å². The van der Waals surface area contributed by atoms with Crippen LogP contribution in [0, 0.1) is 17.8 Å². The number of amidine groups is 1. The molecule has 0 radical (unpaired) electrons. The van der Waals surface area contributed by atoms with Gasteiger partial charge in [0.2, 0.25) is 29.4 Å². The number of rotatable bonds is 27. The standard InChI is InChI=1S/2C23H23N3O5.C15H19N3O2.C9H10O4.C9H10O3.C7H6O2.C2H5ClO.H3NO3S/c2*1-29-13-30-16-7-5-14(6-8-16)23-24-22(25-31-23)18-4-2-3-17-19(18)11-15-12-20(28)26(9-10-27)21(15)17;1-2-6-18-13(19)8-9-7-12-10(14(9)18)4-3-5-11(12)15(16)17-20;1-12-6-13-8-4-2-7(3-5-8)9(10)11;1-11-7-12-9-4-2-8(6-10)3-5-9;8-5-6-1-3-7(9)4-2-6;1-4-2-3;1-5(2,3)4/h2*2-8,15,21,27H,9-13H2,1H3;3-5,9,14,20H,2,6-8H2,1H3,(H2,16,17);2-5H,6H2,1H3,(H,10,11);2-6H,7H2,1H3;1-5,9H;2H2,1H3;(H3,1,2,3,4). The average molecular weight is 1760 g/mol. The maximum Gasteiger partial charge on any atom is 0.335 e. The molecule has 125 heavy (non-hydrogen) atoms. The molecule has 3 amide bonds. The smallest absolute Gasteiger partial charge is 0.335 e. The Morgan fingerprint density at radius 1 is 0.520 bits per heavy atom. The topological polar surface area (TPSA) is 493 Å². The highest BCUT2D eigenvalue weighted by Crippen LogP contribution is 2.52. The molecule has 10 N–H and O–H groups in total. The number of alkyl halides is 1. The molecule has 0 spiro atoms. The molecule has 16 rings (SSSR count). The zero-order chi connectivity index (χ0) is 90.1. The number of ether oxygens (including phenoxy) is 9. The summed E-state index contributed by atoms with van der Waals surface area (Å²) in [4.78, 5) is 82.4. The fourth-order valence-electron chi connectivity index (χ4n) is 15.2. The van der Waals surface area contributed by atoms with Crippen LogP contribution in [-0.2, 0) is 67.6 Å². The van der Waals surface area contributed by atoms with Gasteiger partial charge < -0.3 is 97.7 Å². The Kier molecular flexibility index (Phi) is 36.9. The Labute approximate surface area is 725 Å². The number of nitrogens with zero attached hydrogens (tertiary/aromatic N) is 8. The largest absolute Gasteiger partial charge is 0.508 e. The number of benzene rings is 8. The molecule has 3 fully saturated rings. The summed E-state index contributed by atoms with van der Waals surface area (Å²) in [7, 11) is 3.60. The molecule has 6 aliphatic rings. The van der Waals surface area contributed by atoms with Gasteiger partial charge in [-0.05, 0) is 198 Å². The molecular weight excluding hydrogens is 1660 g/mol. The van der Waals surface area contributed by atoms with Crippen LogP contribution in [0.2, 0.25) is 0 Å². The second-order valence-corrected chi connectivity index (χ2v) is 29.6. The molecule has 0 bridgehead atoms. The number of halogens is 1. The van der Waals surface area contributed by atoms with E-state index >= 15 is 0 Å². The summed E-state index contributed by atoms with van der Waals surface area (Å²) in [5.74, 6) is 5.24. The molecule has 3 aliphatic heterocycles. The number of likely N-dealkylation sites (tertiary alicyclic amines) is 3. The van der Waals surface area contributed by atoms with Crippen LogP contribution in [0.1, 0.15) is 121 Å². The molecule has 664 valence electrons. The molecule has 6 atom stereocenters. The summed E-state index contributed by atoms with van der Waals surface area (Å²) in [6.45, 7) is 4.30. The number of aldehydes is 2. The number of aliphatic hydroxyl groups excluding tert-OH is 2. The molecule has 2 aromatic heterocycles. The first-order valence-corrected chi connectivity index (χ1v) is 41.2. The third-order valence-corrected chi connectivity index (χ3v) is 20.5. The first kappa shape index (κ1) is 96.2. The summed E-state index contributed by atoms with van der Waals surface area (Å²) in [6.07, 6.45) is 6.52. The van der Waals surface area contributed by atoms with Gasteiger partial charge in [-0.1, -0.05) is 88.6 Å². The average Bonchev–Trinajstić information content (AvgIpc) is 1.60.